The molecule has 0 spiro atoms. The molecule has 1 aliphatic rings. The monoisotopic (exact) mass is 732 g/mol. The molecule has 5 aromatic rings. The number of alkyl halides is 3. The number of hydrogen-bond acceptors (Lipinski definition) is 4. The molecule has 0 bridgehead atoms. The van der Waals surface area contributed by atoms with Crippen LogP contribution in [-0.2, 0) is 41.7 Å². The molecule has 0 saturated carbocycles. The van der Waals surface area contributed by atoms with Crippen LogP contribution in [0.3, 0.4) is 0 Å². The zero-order valence-corrected chi connectivity index (χ0v) is 30.7. The third-order valence-corrected chi connectivity index (χ3v) is 10.1. The minimum Gasteiger partial charge on any atom is -0.338 e. The van der Waals surface area contributed by atoms with Crippen LogP contribution in [0.5, 0.6) is 0 Å². The normalized spacial score (nSPS) is 14.4. The SMILES string of the molecule is CCCCCc1ccc(CN(C(=O)C=Cc2ccc(C(F)(F)F)cc2)[C@@H](Cc2ccccc2)C(=O)N2CCN(Cc3cc4ccccc4cn3)CC2)cc1. The lowest BCUT2D eigenvalue weighted by Crippen LogP contribution is -2.56. The fourth-order valence-electron chi connectivity index (χ4n) is 6.93. The van der Waals surface area contributed by atoms with Gasteiger partial charge in [-0.2, -0.15) is 13.2 Å². The highest BCUT2D eigenvalue weighted by Crippen LogP contribution is 2.29. The number of piperazine rings is 1. The Morgan fingerprint density at radius 1 is 0.796 bits per heavy atom. The maximum atomic E-state index is 14.6. The quantitative estimate of drug-likeness (QED) is 0.0846. The fourth-order valence-corrected chi connectivity index (χ4v) is 6.93. The number of nitrogens with zero attached hydrogens (tertiary/aromatic N) is 4. The van der Waals surface area contributed by atoms with Crippen molar-refractivity contribution in [3.8, 4) is 0 Å². The highest BCUT2D eigenvalue weighted by Gasteiger charge is 2.34. The van der Waals surface area contributed by atoms with E-state index < -0.39 is 23.7 Å². The van der Waals surface area contributed by atoms with E-state index in [-0.39, 0.29) is 12.5 Å². The van der Waals surface area contributed by atoms with Gasteiger partial charge in [-0.15, -0.1) is 0 Å². The Morgan fingerprint density at radius 2 is 1.46 bits per heavy atom. The van der Waals surface area contributed by atoms with Crippen LogP contribution in [-0.4, -0.2) is 63.7 Å². The summed E-state index contributed by atoms with van der Waals surface area (Å²) in [5.41, 5.74) is 3.71. The zero-order valence-electron chi connectivity index (χ0n) is 30.7. The molecule has 0 radical (unpaired) electrons. The number of aromatic nitrogens is 1. The Morgan fingerprint density at radius 3 is 2.15 bits per heavy atom. The molecule has 54 heavy (non-hydrogen) atoms. The average Bonchev–Trinajstić information content (AvgIpc) is 3.19. The molecular formula is C45H47F3N4O2. The summed E-state index contributed by atoms with van der Waals surface area (Å²) in [6.45, 7) is 5.40. The van der Waals surface area contributed by atoms with Gasteiger partial charge in [-0.3, -0.25) is 19.5 Å². The maximum absolute atomic E-state index is 14.6. The largest absolute Gasteiger partial charge is 0.416 e. The van der Waals surface area contributed by atoms with Crippen LogP contribution in [0.25, 0.3) is 16.8 Å². The number of pyridine rings is 1. The molecule has 9 heteroatoms. The standard InChI is InChI=1S/C45H47F3N4O2/c1-2-3-5-10-34-15-17-37(18-16-34)32-52(43(53)24-21-35-19-22-40(23-20-35)45(46,47)48)42(29-36-11-6-4-7-12-36)44(54)51-27-25-50(26-28-51)33-41-30-38-13-8-9-14-39(38)31-49-41/h4,6-9,11-24,30-31,42H,2-3,5,10,25-29,32-33H2,1H3/t42-/m0/s1. The van der Waals surface area contributed by atoms with Crippen LogP contribution >= 0.6 is 0 Å². The van der Waals surface area contributed by atoms with Gasteiger partial charge in [0.05, 0.1) is 11.3 Å². The smallest absolute Gasteiger partial charge is 0.338 e. The number of hydrogen-bond donors (Lipinski definition) is 0. The molecule has 1 fully saturated rings. The second-order valence-corrected chi connectivity index (χ2v) is 14.0. The van der Waals surface area contributed by atoms with Crippen molar-refractivity contribution in [1.82, 2.24) is 19.7 Å². The maximum Gasteiger partial charge on any atom is 0.416 e. The molecule has 280 valence electrons. The number of unbranched alkanes of at least 4 members (excludes halogenated alkanes) is 2. The van der Waals surface area contributed by atoms with E-state index >= 15 is 0 Å². The first kappa shape index (κ1) is 38.4. The Labute approximate surface area is 315 Å². The number of rotatable bonds is 14. The van der Waals surface area contributed by atoms with Gasteiger partial charge in [-0.1, -0.05) is 111 Å². The number of carbonyl (C=O) groups excluding carboxylic acids is 2. The number of fused-ring (bicyclic) bond motifs is 1. The van der Waals surface area contributed by atoms with Crippen LogP contribution in [0, 0.1) is 0 Å². The van der Waals surface area contributed by atoms with Crippen LogP contribution in [0.1, 0.15) is 59.7 Å². The molecule has 6 nitrogen and oxygen atoms in total. The minimum absolute atomic E-state index is 0.130. The van der Waals surface area contributed by atoms with Crippen LogP contribution in [0.4, 0.5) is 13.2 Å². The molecule has 6 rings (SSSR count). The summed E-state index contributed by atoms with van der Waals surface area (Å²) in [5, 5.41) is 2.24. The van der Waals surface area contributed by atoms with Crippen molar-refractivity contribution in [3.05, 3.63) is 155 Å². The first-order valence-corrected chi connectivity index (χ1v) is 18.8. The van der Waals surface area contributed by atoms with Gasteiger partial charge in [0.25, 0.3) is 0 Å². The summed E-state index contributed by atoms with van der Waals surface area (Å²) < 4.78 is 39.6. The first-order chi connectivity index (χ1) is 26.2. The Bertz CT molecular complexity index is 2010. The summed E-state index contributed by atoms with van der Waals surface area (Å²) in [6.07, 6.45) is 5.02. The summed E-state index contributed by atoms with van der Waals surface area (Å²) in [5.74, 6) is -0.521. The third-order valence-electron chi connectivity index (χ3n) is 10.1. The van der Waals surface area contributed by atoms with Crippen molar-refractivity contribution >= 4 is 28.7 Å². The van der Waals surface area contributed by atoms with Crippen molar-refractivity contribution in [2.24, 2.45) is 0 Å². The van der Waals surface area contributed by atoms with Gasteiger partial charge in [0.1, 0.15) is 6.04 Å². The van der Waals surface area contributed by atoms with Gasteiger partial charge >= 0.3 is 6.18 Å². The lowest BCUT2D eigenvalue weighted by molar-refractivity contribution is -0.145. The van der Waals surface area contributed by atoms with Crippen molar-refractivity contribution < 1.29 is 22.8 Å². The predicted molar refractivity (Wildman–Crippen MR) is 208 cm³/mol. The van der Waals surface area contributed by atoms with E-state index in [2.05, 4.69) is 41.1 Å². The number of halogens is 3. The molecule has 1 atom stereocenters. The van der Waals surface area contributed by atoms with E-state index in [9.17, 15) is 22.8 Å². The van der Waals surface area contributed by atoms with E-state index in [1.165, 1.54) is 29.8 Å². The van der Waals surface area contributed by atoms with E-state index in [4.69, 9.17) is 0 Å². The molecule has 1 aromatic heterocycles. The molecule has 1 aliphatic heterocycles. The van der Waals surface area contributed by atoms with E-state index in [1.54, 1.807) is 4.90 Å². The highest BCUT2D eigenvalue weighted by molar-refractivity contribution is 5.96. The molecule has 2 heterocycles. The van der Waals surface area contributed by atoms with Gasteiger partial charge < -0.3 is 9.80 Å². The number of aryl methyl sites for hydroxylation is 1. The molecular weight excluding hydrogens is 686 g/mol. The highest BCUT2D eigenvalue weighted by atomic mass is 19.4. The molecule has 0 unspecified atom stereocenters. The molecule has 0 aliphatic carbocycles. The lowest BCUT2D eigenvalue weighted by atomic mass is 10.0. The summed E-state index contributed by atoms with van der Waals surface area (Å²) in [4.78, 5) is 39.3. The van der Waals surface area contributed by atoms with Crippen molar-refractivity contribution in [2.75, 3.05) is 26.2 Å². The van der Waals surface area contributed by atoms with Gasteiger partial charge in [-0.25, -0.2) is 0 Å². The van der Waals surface area contributed by atoms with Gasteiger partial charge in [-0.05, 0) is 64.8 Å². The zero-order chi connectivity index (χ0) is 37.9. The van der Waals surface area contributed by atoms with E-state index in [0.29, 0.717) is 44.7 Å². The predicted octanol–water partition coefficient (Wildman–Crippen LogP) is 8.98. The van der Waals surface area contributed by atoms with Gasteiger partial charge in [0, 0.05) is 63.3 Å². The van der Waals surface area contributed by atoms with Crippen LogP contribution < -0.4 is 0 Å². The molecule has 1 saturated heterocycles. The van der Waals surface area contributed by atoms with E-state index in [0.717, 1.165) is 65.4 Å². The Kier molecular flexibility index (Phi) is 12.9. The Hall–Kier alpha value is -5.28. The minimum atomic E-state index is -4.45. The van der Waals surface area contributed by atoms with Crippen LogP contribution in [0.2, 0.25) is 0 Å². The number of carbonyl (C=O) groups is 2. The number of benzene rings is 4. The first-order valence-electron chi connectivity index (χ1n) is 18.8. The summed E-state index contributed by atoms with van der Waals surface area (Å²) in [6, 6.07) is 32.0. The Balaban J connectivity index is 1.23. The molecule has 0 N–H and O–H groups in total. The second kappa shape index (κ2) is 18.2. The summed E-state index contributed by atoms with van der Waals surface area (Å²) >= 11 is 0. The van der Waals surface area contributed by atoms with Crippen LogP contribution in [0.15, 0.2) is 121 Å². The topological polar surface area (TPSA) is 56.8 Å². The van der Waals surface area contributed by atoms with Gasteiger partial charge in [0.15, 0.2) is 0 Å². The molecule has 2 amide bonds. The van der Waals surface area contributed by atoms with Crippen molar-refractivity contribution in [3.63, 3.8) is 0 Å². The average molecular weight is 733 g/mol. The van der Waals surface area contributed by atoms with E-state index in [1.807, 2.05) is 71.8 Å². The van der Waals surface area contributed by atoms with Gasteiger partial charge in [0.2, 0.25) is 11.8 Å². The second-order valence-electron chi connectivity index (χ2n) is 14.0. The lowest BCUT2D eigenvalue weighted by Gasteiger charge is -2.39. The third kappa shape index (κ3) is 10.4. The fraction of sp³-hybridized carbons (Fsp3) is 0.311. The summed E-state index contributed by atoms with van der Waals surface area (Å²) in [7, 11) is 0. The van der Waals surface area contributed by atoms with Crippen molar-refractivity contribution in [2.45, 2.75) is 64.3 Å². The molecule has 4 aromatic carbocycles. The van der Waals surface area contributed by atoms with Crippen molar-refractivity contribution in [1.29, 1.82) is 0 Å². The number of amides is 2.